The van der Waals surface area contributed by atoms with Gasteiger partial charge in [-0.1, -0.05) is 25.0 Å². The van der Waals surface area contributed by atoms with Gasteiger partial charge in [-0.25, -0.2) is 0 Å². The van der Waals surface area contributed by atoms with Crippen molar-refractivity contribution in [3.05, 3.63) is 29.8 Å². The minimum absolute atomic E-state index is 0.0802. The Hall–Kier alpha value is -1.53. The van der Waals surface area contributed by atoms with Crippen LogP contribution in [0.15, 0.2) is 24.3 Å². The van der Waals surface area contributed by atoms with E-state index in [-0.39, 0.29) is 5.92 Å². The predicted octanol–water partition coefficient (Wildman–Crippen LogP) is 3.25. The third-order valence-corrected chi connectivity index (χ3v) is 3.93. The number of nitrogens with zero attached hydrogens (tertiary/aromatic N) is 1. The molecule has 2 atom stereocenters. The van der Waals surface area contributed by atoms with Gasteiger partial charge in [-0.2, -0.15) is 5.26 Å². The molecule has 1 aromatic carbocycles. The number of ether oxygens (including phenoxy) is 2. The SMILES string of the molecule is COc1cccc(C2(OC)CCCCC2C#N)c1. The fraction of sp³-hybridized carbons (Fsp3) is 0.533. The standard InChI is InChI=1S/C15H19NO2/c1-17-14-8-5-7-12(10-14)15(18-2)9-4-3-6-13(15)11-16/h5,7-8,10,13H,3-4,6,9H2,1-2H3. The topological polar surface area (TPSA) is 42.2 Å². The molecule has 0 amide bonds. The first-order valence-electron chi connectivity index (χ1n) is 6.36. The summed E-state index contributed by atoms with van der Waals surface area (Å²) in [6.45, 7) is 0. The first-order valence-corrected chi connectivity index (χ1v) is 6.36. The Kier molecular flexibility index (Phi) is 3.88. The average Bonchev–Trinajstić information content (AvgIpc) is 2.47. The lowest BCUT2D eigenvalue weighted by Gasteiger charge is -2.40. The van der Waals surface area contributed by atoms with Crippen molar-refractivity contribution in [1.82, 2.24) is 0 Å². The van der Waals surface area contributed by atoms with Crippen molar-refractivity contribution in [3.8, 4) is 11.8 Å². The van der Waals surface area contributed by atoms with E-state index in [0.29, 0.717) is 0 Å². The Balaban J connectivity index is 2.44. The molecule has 3 heteroatoms. The van der Waals surface area contributed by atoms with Crippen molar-refractivity contribution in [3.63, 3.8) is 0 Å². The summed E-state index contributed by atoms with van der Waals surface area (Å²) in [7, 11) is 3.36. The Morgan fingerprint density at radius 2 is 2.17 bits per heavy atom. The first kappa shape index (κ1) is 12.9. The maximum Gasteiger partial charge on any atom is 0.119 e. The molecule has 2 unspecified atom stereocenters. The number of methoxy groups -OCH3 is 2. The van der Waals surface area contributed by atoms with Crippen LogP contribution in [0, 0.1) is 17.2 Å². The zero-order valence-corrected chi connectivity index (χ0v) is 11.0. The van der Waals surface area contributed by atoms with Crippen LogP contribution in [-0.4, -0.2) is 14.2 Å². The number of hydrogen-bond acceptors (Lipinski definition) is 3. The molecule has 96 valence electrons. The van der Waals surface area contributed by atoms with Gasteiger partial charge in [0, 0.05) is 7.11 Å². The minimum Gasteiger partial charge on any atom is -0.497 e. The number of hydrogen-bond donors (Lipinski definition) is 0. The van der Waals surface area contributed by atoms with Gasteiger partial charge in [0.1, 0.15) is 11.4 Å². The van der Waals surface area contributed by atoms with E-state index in [2.05, 4.69) is 6.07 Å². The van der Waals surface area contributed by atoms with Crippen molar-refractivity contribution in [2.75, 3.05) is 14.2 Å². The summed E-state index contributed by atoms with van der Waals surface area (Å²) in [6.07, 6.45) is 4.01. The van der Waals surface area contributed by atoms with Crippen molar-refractivity contribution < 1.29 is 9.47 Å². The summed E-state index contributed by atoms with van der Waals surface area (Å²) in [6, 6.07) is 10.3. The molecule has 0 bridgehead atoms. The molecule has 0 heterocycles. The van der Waals surface area contributed by atoms with Gasteiger partial charge < -0.3 is 9.47 Å². The lowest BCUT2D eigenvalue weighted by atomic mass is 9.72. The molecule has 0 N–H and O–H groups in total. The summed E-state index contributed by atoms with van der Waals surface area (Å²) in [4.78, 5) is 0. The van der Waals surface area contributed by atoms with Crippen molar-refractivity contribution in [1.29, 1.82) is 5.26 Å². The van der Waals surface area contributed by atoms with Gasteiger partial charge in [-0.3, -0.25) is 0 Å². The third-order valence-electron chi connectivity index (χ3n) is 3.93. The van der Waals surface area contributed by atoms with Gasteiger partial charge in [0.2, 0.25) is 0 Å². The molecule has 1 aliphatic carbocycles. The highest BCUT2D eigenvalue weighted by atomic mass is 16.5. The summed E-state index contributed by atoms with van der Waals surface area (Å²) >= 11 is 0. The van der Waals surface area contributed by atoms with Crippen LogP contribution in [0.25, 0.3) is 0 Å². The zero-order valence-electron chi connectivity index (χ0n) is 11.0. The van der Waals surface area contributed by atoms with Gasteiger partial charge in [0.25, 0.3) is 0 Å². The molecule has 1 aliphatic rings. The average molecular weight is 245 g/mol. The maximum absolute atomic E-state index is 9.38. The summed E-state index contributed by atoms with van der Waals surface area (Å²) < 4.78 is 11.1. The molecule has 18 heavy (non-hydrogen) atoms. The number of rotatable bonds is 3. The normalized spacial score (nSPS) is 27.5. The molecule has 0 spiro atoms. The lowest BCUT2D eigenvalue weighted by molar-refractivity contribution is -0.0714. The summed E-state index contributed by atoms with van der Waals surface area (Å²) in [5, 5.41) is 9.38. The number of nitriles is 1. The Morgan fingerprint density at radius 3 is 2.83 bits per heavy atom. The fourth-order valence-electron chi connectivity index (χ4n) is 2.91. The van der Waals surface area contributed by atoms with Gasteiger partial charge in [-0.05, 0) is 30.5 Å². The van der Waals surface area contributed by atoms with Gasteiger partial charge >= 0.3 is 0 Å². The Morgan fingerprint density at radius 1 is 1.33 bits per heavy atom. The van der Waals surface area contributed by atoms with Crippen LogP contribution in [0.2, 0.25) is 0 Å². The van der Waals surface area contributed by atoms with Crippen LogP contribution in [0.1, 0.15) is 31.2 Å². The Labute approximate surface area is 108 Å². The molecule has 0 radical (unpaired) electrons. The highest BCUT2D eigenvalue weighted by Gasteiger charge is 2.43. The zero-order chi connectivity index (χ0) is 13.0. The minimum atomic E-state index is -0.471. The number of benzene rings is 1. The second-order valence-corrected chi connectivity index (χ2v) is 4.75. The Bertz CT molecular complexity index is 452. The molecule has 1 saturated carbocycles. The van der Waals surface area contributed by atoms with Crippen molar-refractivity contribution >= 4 is 0 Å². The molecule has 2 rings (SSSR count). The molecule has 0 aromatic heterocycles. The smallest absolute Gasteiger partial charge is 0.119 e. The van der Waals surface area contributed by atoms with E-state index in [1.54, 1.807) is 14.2 Å². The van der Waals surface area contributed by atoms with Gasteiger partial charge in [-0.15, -0.1) is 0 Å². The van der Waals surface area contributed by atoms with E-state index in [4.69, 9.17) is 9.47 Å². The highest BCUT2D eigenvalue weighted by Crippen LogP contribution is 2.44. The van der Waals surface area contributed by atoms with E-state index >= 15 is 0 Å². The van der Waals surface area contributed by atoms with E-state index in [1.165, 1.54) is 0 Å². The lowest BCUT2D eigenvalue weighted by Crippen LogP contribution is -2.39. The van der Waals surface area contributed by atoms with Crippen LogP contribution in [0.3, 0.4) is 0 Å². The van der Waals surface area contributed by atoms with E-state index in [9.17, 15) is 5.26 Å². The van der Waals surface area contributed by atoms with Crippen LogP contribution in [0.4, 0.5) is 0 Å². The van der Waals surface area contributed by atoms with E-state index < -0.39 is 5.60 Å². The van der Waals surface area contributed by atoms with Crippen LogP contribution < -0.4 is 4.74 Å². The molecule has 1 aromatic rings. The van der Waals surface area contributed by atoms with Gasteiger partial charge in [0.05, 0.1) is 19.1 Å². The second-order valence-electron chi connectivity index (χ2n) is 4.75. The molecule has 3 nitrogen and oxygen atoms in total. The third kappa shape index (κ3) is 2.09. The van der Waals surface area contributed by atoms with Crippen molar-refractivity contribution in [2.45, 2.75) is 31.3 Å². The predicted molar refractivity (Wildman–Crippen MR) is 69.3 cm³/mol. The summed E-state index contributed by atoms with van der Waals surface area (Å²) in [5.41, 5.74) is 0.581. The van der Waals surface area contributed by atoms with Crippen LogP contribution >= 0.6 is 0 Å². The monoisotopic (exact) mass is 245 g/mol. The molecule has 0 aliphatic heterocycles. The van der Waals surface area contributed by atoms with Crippen LogP contribution in [-0.2, 0) is 10.3 Å². The van der Waals surface area contributed by atoms with E-state index in [1.807, 2.05) is 24.3 Å². The quantitative estimate of drug-likeness (QED) is 0.821. The molecular formula is C15H19NO2. The molecule has 0 saturated heterocycles. The van der Waals surface area contributed by atoms with Gasteiger partial charge in [0.15, 0.2) is 0 Å². The van der Waals surface area contributed by atoms with E-state index in [0.717, 1.165) is 37.0 Å². The fourth-order valence-corrected chi connectivity index (χ4v) is 2.91. The maximum atomic E-state index is 9.38. The highest BCUT2D eigenvalue weighted by molar-refractivity contribution is 5.34. The largest absolute Gasteiger partial charge is 0.497 e. The first-order chi connectivity index (χ1) is 8.76. The molecule has 1 fully saturated rings. The molecular weight excluding hydrogens is 226 g/mol. The van der Waals surface area contributed by atoms with Crippen molar-refractivity contribution in [2.24, 2.45) is 5.92 Å². The second kappa shape index (κ2) is 5.41. The van der Waals surface area contributed by atoms with Crippen LogP contribution in [0.5, 0.6) is 5.75 Å². The summed E-state index contributed by atoms with van der Waals surface area (Å²) in [5.74, 6) is 0.731.